The Kier molecular flexibility index (Phi) is 7.89. The molecule has 0 radical (unpaired) electrons. The number of amidine groups is 1. The molecule has 0 heterocycles. The van der Waals surface area contributed by atoms with E-state index >= 15 is 0 Å². The van der Waals surface area contributed by atoms with Crippen LogP contribution in [0.5, 0.6) is 0 Å². The number of rotatable bonds is 5. The predicted molar refractivity (Wildman–Crippen MR) is 126 cm³/mol. The molecule has 33 heavy (non-hydrogen) atoms. The Balaban J connectivity index is 0.000000696. The van der Waals surface area contributed by atoms with Crippen molar-refractivity contribution >= 4 is 39.2 Å². The van der Waals surface area contributed by atoms with Crippen LogP contribution in [0.15, 0.2) is 66.7 Å². The van der Waals surface area contributed by atoms with E-state index < -0.39 is 22.0 Å². The number of nitrogens with two attached hydrogens (primary N) is 2. The van der Waals surface area contributed by atoms with Crippen LogP contribution in [0, 0.1) is 5.41 Å². The first-order valence-corrected chi connectivity index (χ1v) is 11.1. The molecule has 11 heteroatoms. The van der Waals surface area contributed by atoms with Crippen molar-refractivity contribution < 1.29 is 27.7 Å². The average molecular weight is 471 g/mol. The SMILES string of the molecule is CS(=O)(=O)O.N=C(N)c1ccc(NC(=O)c2cc(N)ccc2-c2ccccc2C(=O)O)cc1. The lowest BCUT2D eigenvalue weighted by atomic mass is 9.94. The molecule has 0 bridgehead atoms. The maximum absolute atomic E-state index is 12.9. The summed E-state index contributed by atoms with van der Waals surface area (Å²) in [4.78, 5) is 24.4. The van der Waals surface area contributed by atoms with E-state index in [1.807, 2.05) is 0 Å². The standard InChI is InChI=1S/C21H18N4O3.CH4O3S/c22-13-7-10-16(15-3-1-2-4-17(15)21(27)28)18(11-13)20(26)25-14-8-5-12(6-9-14)19(23)24;1-5(2,3)4/h1-11H,22H2,(H3,23,24)(H,25,26)(H,27,28);1H3,(H,2,3,4). The molecule has 3 rings (SSSR count). The lowest BCUT2D eigenvalue weighted by molar-refractivity contribution is 0.0697. The zero-order valence-electron chi connectivity index (χ0n) is 17.4. The fourth-order valence-corrected chi connectivity index (χ4v) is 2.82. The molecule has 10 nitrogen and oxygen atoms in total. The summed E-state index contributed by atoms with van der Waals surface area (Å²) in [5.41, 5.74) is 13.9. The van der Waals surface area contributed by atoms with Gasteiger partial charge in [-0.1, -0.05) is 24.3 Å². The number of nitrogen functional groups attached to an aromatic ring is 2. The van der Waals surface area contributed by atoms with E-state index in [-0.39, 0.29) is 17.0 Å². The Hall–Kier alpha value is -4.22. The number of hydrogen-bond acceptors (Lipinski definition) is 6. The molecule has 3 aromatic rings. The Morgan fingerprint density at radius 3 is 2.03 bits per heavy atom. The zero-order chi connectivity index (χ0) is 24.8. The molecule has 0 atom stereocenters. The fourth-order valence-electron chi connectivity index (χ4n) is 2.82. The summed E-state index contributed by atoms with van der Waals surface area (Å²) in [5.74, 6) is -1.59. The highest BCUT2D eigenvalue weighted by atomic mass is 32.2. The van der Waals surface area contributed by atoms with Crippen LogP contribution in [0.2, 0.25) is 0 Å². The number of carboxylic acid groups (broad SMARTS) is 1. The van der Waals surface area contributed by atoms with Crippen LogP contribution in [0.3, 0.4) is 0 Å². The quantitative estimate of drug-likeness (QED) is 0.141. The number of hydrogen-bond donors (Lipinski definition) is 6. The van der Waals surface area contributed by atoms with Crippen LogP contribution >= 0.6 is 0 Å². The molecule has 0 aliphatic rings. The molecule has 0 saturated heterocycles. The normalized spacial score (nSPS) is 10.5. The van der Waals surface area contributed by atoms with Crippen molar-refractivity contribution in [3.63, 3.8) is 0 Å². The van der Waals surface area contributed by atoms with Crippen molar-refractivity contribution in [2.75, 3.05) is 17.3 Å². The summed E-state index contributed by atoms with van der Waals surface area (Å²) in [6.07, 6.45) is 0.715. The minimum Gasteiger partial charge on any atom is -0.478 e. The smallest absolute Gasteiger partial charge is 0.336 e. The van der Waals surface area contributed by atoms with Gasteiger partial charge in [0.2, 0.25) is 0 Å². The van der Waals surface area contributed by atoms with Crippen molar-refractivity contribution in [2.45, 2.75) is 0 Å². The van der Waals surface area contributed by atoms with E-state index in [1.165, 1.54) is 12.1 Å². The summed E-state index contributed by atoms with van der Waals surface area (Å²) in [6.45, 7) is 0. The van der Waals surface area contributed by atoms with Crippen molar-refractivity contribution in [3.05, 3.63) is 83.4 Å². The minimum absolute atomic E-state index is 0.0683. The Bertz CT molecular complexity index is 1300. The first-order chi connectivity index (χ1) is 15.4. The lowest BCUT2D eigenvalue weighted by Crippen LogP contribution is -2.15. The van der Waals surface area contributed by atoms with Gasteiger partial charge < -0.3 is 21.9 Å². The zero-order valence-corrected chi connectivity index (χ0v) is 18.3. The van der Waals surface area contributed by atoms with Gasteiger partial charge in [-0.15, -0.1) is 0 Å². The van der Waals surface area contributed by atoms with E-state index in [4.69, 9.17) is 21.4 Å². The fraction of sp³-hybridized carbons (Fsp3) is 0.0455. The van der Waals surface area contributed by atoms with Crippen LogP contribution in [-0.2, 0) is 10.1 Å². The number of amides is 1. The van der Waals surface area contributed by atoms with E-state index in [1.54, 1.807) is 54.6 Å². The second kappa shape index (κ2) is 10.4. The predicted octanol–water partition coefficient (Wildman–Crippen LogP) is 2.67. The van der Waals surface area contributed by atoms with Crippen LogP contribution < -0.4 is 16.8 Å². The van der Waals surface area contributed by atoms with Crippen LogP contribution in [0.25, 0.3) is 11.1 Å². The number of carbonyl (C=O) groups is 2. The Morgan fingerprint density at radius 1 is 0.939 bits per heavy atom. The molecule has 0 saturated carbocycles. The van der Waals surface area contributed by atoms with Gasteiger partial charge in [0, 0.05) is 22.5 Å². The molecule has 1 amide bonds. The molecule has 8 N–H and O–H groups in total. The molecule has 0 aromatic heterocycles. The Labute approximate surface area is 190 Å². The van der Waals surface area contributed by atoms with Gasteiger partial charge in [0.25, 0.3) is 16.0 Å². The van der Waals surface area contributed by atoms with Gasteiger partial charge >= 0.3 is 5.97 Å². The highest BCUT2D eigenvalue weighted by Gasteiger charge is 2.18. The monoisotopic (exact) mass is 470 g/mol. The first-order valence-electron chi connectivity index (χ1n) is 9.27. The van der Waals surface area contributed by atoms with E-state index in [2.05, 4.69) is 5.32 Å². The minimum atomic E-state index is -3.67. The number of anilines is 2. The van der Waals surface area contributed by atoms with Gasteiger partial charge in [-0.3, -0.25) is 14.8 Å². The molecule has 0 spiro atoms. The van der Waals surface area contributed by atoms with Crippen molar-refractivity contribution in [1.29, 1.82) is 5.41 Å². The van der Waals surface area contributed by atoms with E-state index in [0.717, 1.165) is 0 Å². The van der Waals surface area contributed by atoms with Crippen molar-refractivity contribution in [3.8, 4) is 11.1 Å². The summed E-state index contributed by atoms with van der Waals surface area (Å²) in [5, 5.41) is 19.6. The second-order valence-electron chi connectivity index (χ2n) is 6.83. The average Bonchev–Trinajstić information content (AvgIpc) is 2.73. The maximum atomic E-state index is 12.9. The van der Waals surface area contributed by atoms with Crippen molar-refractivity contribution in [2.24, 2.45) is 5.73 Å². The highest BCUT2D eigenvalue weighted by Crippen LogP contribution is 2.29. The third-order valence-corrected chi connectivity index (χ3v) is 4.19. The number of aromatic carboxylic acids is 1. The largest absolute Gasteiger partial charge is 0.478 e. The Morgan fingerprint density at radius 2 is 1.48 bits per heavy atom. The van der Waals surface area contributed by atoms with Crippen LogP contribution in [0.1, 0.15) is 26.3 Å². The molecular formula is C22H22N4O6S. The number of carboxylic acids is 1. The first kappa shape index (κ1) is 25.0. The number of benzene rings is 3. The summed E-state index contributed by atoms with van der Waals surface area (Å²) in [6, 6.07) is 17.7. The molecule has 0 aliphatic carbocycles. The van der Waals surface area contributed by atoms with Gasteiger partial charge in [-0.2, -0.15) is 8.42 Å². The molecule has 0 aliphatic heterocycles. The molecule has 172 valence electrons. The van der Waals surface area contributed by atoms with E-state index in [9.17, 15) is 23.1 Å². The van der Waals surface area contributed by atoms with E-state index in [0.29, 0.717) is 34.3 Å². The van der Waals surface area contributed by atoms with Gasteiger partial charge in [-0.05, 0) is 53.6 Å². The number of carbonyl (C=O) groups excluding carboxylic acids is 1. The molecule has 0 unspecified atom stereocenters. The number of nitrogens with one attached hydrogen (secondary N) is 2. The van der Waals surface area contributed by atoms with Crippen molar-refractivity contribution in [1.82, 2.24) is 0 Å². The topological polar surface area (TPSA) is 197 Å². The van der Waals surface area contributed by atoms with Crippen LogP contribution in [0.4, 0.5) is 11.4 Å². The third-order valence-electron chi connectivity index (χ3n) is 4.19. The second-order valence-corrected chi connectivity index (χ2v) is 8.30. The maximum Gasteiger partial charge on any atom is 0.336 e. The molecule has 0 fully saturated rings. The molecule has 3 aromatic carbocycles. The van der Waals surface area contributed by atoms with Gasteiger partial charge in [0.1, 0.15) is 5.84 Å². The van der Waals surface area contributed by atoms with Gasteiger partial charge in [0.15, 0.2) is 0 Å². The van der Waals surface area contributed by atoms with Crippen LogP contribution in [-0.4, -0.2) is 42.0 Å². The van der Waals surface area contributed by atoms with Gasteiger partial charge in [-0.25, -0.2) is 4.79 Å². The van der Waals surface area contributed by atoms with Gasteiger partial charge in [0.05, 0.1) is 11.8 Å². The molecular weight excluding hydrogens is 448 g/mol. The summed E-state index contributed by atoms with van der Waals surface area (Å²) in [7, 11) is -3.67. The summed E-state index contributed by atoms with van der Waals surface area (Å²) >= 11 is 0. The lowest BCUT2D eigenvalue weighted by Gasteiger charge is -2.13. The highest BCUT2D eigenvalue weighted by molar-refractivity contribution is 7.85. The summed E-state index contributed by atoms with van der Waals surface area (Å²) < 4.78 is 25.9. The third kappa shape index (κ3) is 7.45.